The maximum absolute atomic E-state index is 13.5. The zero-order valence-corrected chi connectivity index (χ0v) is 11.0. The number of hydrogen-bond donors (Lipinski definition) is 1. The Hall–Kier alpha value is -0.660. The zero-order valence-electron chi connectivity index (χ0n) is 9.34. The van der Waals surface area contributed by atoms with Crippen LogP contribution in [-0.4, -0.2) is 29.6 Å². The van der Waals surface area contributed by atoms with E-state index in [1.54, 1.807) is 0 Å². The highest BCUT2D eigenvalue weighted by atomic mass is 32.2. The minimum Gasteiger partial charge on any atom is -0.386 e. The molecule has 1 aromatic carbocycles. The van der Waals surface area contributed by atoms with Gasteiger partial charge in [0, 0.05) is 44.7 Å². The van der Waals surface area contributed by atoms with Gasteiger partial charge in [0.15, 0.2) is 0 Å². The molecule has 1 aliphatic heterocycles. The van der Waals surface area contributed by atoms with Gasteiger partial charge in [-0.1, -0.05) is 6.07 Å². The zero-order chi connectivity index (χ0) is 13.3. The van der Waals surface area contributed by atoms with Crippen molar-refractivity contribution >= 4 is 21.6 Å². The summed E-state index contributed by atoms with van der Waals surface area (Å²) in [6, 6.07) is 2.75. The molecule has 1 heterocycles. The molecule has 0 saturated carbocycles. The highest BCUT2D eigenvalue weighted by molar-refractivity contribution is 8.03. The van der Waals surface area contributed by atoms with Crippen LogP contribution < -0.4 is 0 Å². The molecule has 2 unspecified atom stereocenters. The summed E-state index contributed by atoms with van der Waals surface area (Å²) in [5.41, 5.74) is -0.162. The van der Waals surface area contributed by atoms with E-state index in [0.717, 1.165) is 12.1 Å². The molecule has 3 nitrogen and oxygen atoms in total. The Bertz CT molecular complexity index is 491. The number of rotatable bonds is 2. The van der Waals surface area contributed by atoms with Crippen LogP contribution in [0.25, 0.3) is 0 Å². The Morgan fingerprint density at radius 2 is 1.83 bits per heavy atom. The summed E-state index contributed by atoms with van der Waals surface area (Å²) in [6.07, 6.45) is -0.874. The van der Waals surface area contributed by atoms with Gasteiger partial charge in [0.2, 0.25) is 0 Å². The highest BCUT2D eigenvalue weighted by Crippen LogP contribution is 2.28. The second kappa shape index (κ2) is 5.54. The van der Waals surface area contributed by atoms with E-state index in [9.17, 15) is 22.3 Å². The fourth-order valence-electron chi connectivity index (χ4n) is 1.87. The quantitative estimate of drug-likeness (QED) is 0.892. The van der Waals surface area contributed by atoms with Gasteiger partial charge in [-0.3, -0.25) is 8.42 Å². The number of benzene rings is 1. The van der Waals surface area contributed by atoms with Gasteiger partial charge in [0.25, 0.3) is 0 Å². The molecule has 0 radical (unpaired) electrons. The van der Waals surface area contributed by atoms with Gasteiger partial charge in [0.05, 0.1) is 0 Å². The second-order valence-corrected chi connectivity index (χ2v) is 7.66. The van der Waals surface area contributed by atoms with Crippen molar-refractivity contribution < 1.29 is 22.3 Å². The molecule has 0 aliphatic carbocycles. The van der Waals surface area contributed by atoms with Gasteiger partial charge in [-0.25, -0.2) is 8.78 Å². The van der Waals surface area contributed by atoms with Crippen molar-refractivity contribution in [3.05, 3.63) is 35.4 Å². The van der Waals surface area contributed by atoms with Gasteiger partial charge >= 0.3 is 0 Å². The molecule has 1 N–H and O–H groups in total. The molecule has 0 aromatic heterocycles. The number of aliphatic hydroxyl groups excluding tert-OH is 1. The predicted octanol–water partition coefficient (Wildman–Crippen LogP) is 1.23. The van der Waals surface area contributed by atoms with E-state index in [1.165, 1.54) is 0 Å². The van der Waals surface area contributed by atoms with Crippen molar-refractivity contribution in [2.24, 2.45) is 0 Å². The standard InChI is InChI=1S/C11H12F2O3S2/c12-7-2-3-8(9(13)6-7)10(14)11-17(15)4-1-5-18(11)16/h2-3,6,10-11,14H,1,4-5H2/t10-,11?,17?,18?/m0/s1. The summed E-state index contributed by atoms with van der Waals surface area (Å²) < 4.78 is 48.8. The van der Waals surface area contributed by atoms with Crippen molar-refractivity contribution in [1.29, 1.82) is 0 Å². The molecule has 1 aliphatic rings. The van der Waals surface area contributed by atoms with Crippen LogP contribution in [0.5, 0.6) is 0 Å². The maximum atomic E-state index is 13.5. The molecule has 0 spiro atoms. The molecule has 7 heteroatoms. The van der Waals surface area contributed by atoms with E-state index in [-0.39, 0.29) is 5.56 Å². The fourth-order valence-corrected chi connectivity index (χ4v) is 5.78. The van der Waals surface area contributed by atoms with Crippen molar-refractivity contribution in [2.75, 3.05) is 11.5 Å². The van der Waals surface area contributed by atoms with Gasteiger partial charge < -0.3 is 5.11 Å². The first-order valence-corrected chi connectivity index (χ1v) is 8.14. The second-order valence-electron chi connectivity index (χ2n) is 4.00. The molecule has 100 valence electrons. The third-order valence-electron chi connectivity index (χ3n) is 2.75. The van der Waals surface area contributed by atoms with E-state index < -0.39 is 43.9 Å². The van der Waals surface area contributed by atoms with Crippen molar-refractivity contribution in [3.63, 3.8) is 0 Å². The first-order chi connectivity index (χ1) is 8.50. The lowest BCUT2D eigenvalue weighted by molar-refractivity contribution is 0.188. The van der Waals surface area contributed by atoms with Gasteiger partial charge in [-0.2, -0.15) is 0 Å². The molecule has 2 rings (SSSR count). The van der Waals surface area contributed by atoms with Crippen LogP contribution in [0.1, 0.15) is 18.1 Å². The Kier molecular flexibility index (Phi) is 4.24. The van der Waals surface area contributed by atoms with Crippen molar-refractivity contribution in [3.8, 4) is 0 Å². The van der Waals surface area contributed by atoms with Crippen molar-refractivity contribution in [2.45, 2.75) is 17.1 Å². The van der Waals surface area contributed by atoms with Crippen LogP contribution in [-0.2, 0) is 21.6 Å². The van der Waals surface area contributed by atoms with Gasteiger partial charge in [-0.05, 0) is 12.5 Å². The molecular formula is C11H12F2O3S2. The average Bonchev–Trinajstić information content (AvgIpc) is 2.28. The van der Waals surface area contributed by atoms with Gasteiger partial charge in [-0.15, -0.1) is 0 Å². The summed E-state index contributed by atoms with van der Waals surface area (Å²) in [4.78, 5) is 0. The van der Waals surface area contributed by atoms with Crippen LogP contribution in [0.15, 0.2) is 18.2 Å². The molecule has 18 heavy (non-hydrogen) atoms. The molecule has 1 fully saturated rings. The summed E-state index contributed by atoms with van der Waals surface area (Å²) in [6.45, 7) is 0. The minimum absolute atomic E-state index is 0.162. The van der Waals surface area contributed by atoms with E-state index in [4.69, 9.17) is 0 Å². The SMILES string of the molecule is O=S1CCCS(=O)C1[C@@H](O)c1ccc(F)cc1F. The molecular weight excluding hydrogens is 282 g/mol. The smallest absolute Gasteiger partial charge is 0.140 e. The van der Waals surface area contributed by atoms with Crippen LogP contribution in [0.3, 0.4) is 0 Å². The van der Waals surface area contributed by atoms with Crippen LogP contribution in [0, 0.1) is 11.6 Å². The molecule has 0 bridgehead atoms. The van der Waals surface area contributed by atoms with E-state index >= 15 is 0 Å². The summed E-state index contributed by atoms with van der Waals surface area (Å²) in [7, 11) is -2.93. The summed E-state index contributed by atoms with van der Waals surface area (Å²) >= 11 is 0. The topological polar surface area (TPSA) is 54.4 Å². The monoisotopic (exact) mass is 294 g/mol. The summed E-state index contributed by atoms with van der Waals surface area (Å²) in [5, 5.41) is 10.0. The average molecular weight is 294 g/mol. The Morgan fingerprint density at radius 3 is 2.39 bits per heavy atom. The first-order valence-electron chi connectivity index (χ1n) is 5.38. The fraction of sp³-hybridized carbons (Fsp3) is 0.455. The minimum atomic E-state index is -1.46. The van der Waals surface area contributed by atoms with E-state index in [0.29, 0.717) is 24.0 Å². The lowest BCUT2D eigenvalue weighted by atomic mass is 10.1. The summed E-state index contributed by atoms with van der Waals surface area (Å²) in [5.74, 6) is -0.983. The van der Waals surface area contributed by atoms with Gasteiger partial charge in [0.1, 0.15) is 22.3 Å². The Labute approximate surface area is 108 Å². The van der Waals surface area contributed by atoms with Crippen LogP contribution in [0.2, 0.25) is 0 Å². The number of halogens is 2. The normalized spacial score (nSPS) is 30.1. The third-order valence-corrected chi connectivity index (χ3v) is 6.97. The first kappa shape index (κ1) is 13.8. The highest BCUT2D eigenvalue weighted by Gasteiger charge is 2.36. The Morgan fingerprint density at radius 1 is 1.22 bits per heavy atom. The molecule has 1 saturated heterocycles. The number of aliphatic hydroxyl groups is 1. The molecule has 1 aromatic rings. The predicted molar refractivity (Wildman–Crippen MR) is 65.7 cm³/mol. The van der Waals surface area contributed by atoms with E-state index in [1.807, 2.05) is 0 Å². The Balaban J connectivity index is 2.32. The largest absolute Gasteiger partial charge is 0.386 e. The maximum Gasteiger partial charge on any atom is 0.140 e. The molecule has 0 amide bonds. The molecule has 3 atom stereocenters. The number of hydrogen-bond acceptors (Lipinski definition) is 3. The lowest BCUT2D eigenvalue weighted by Crippen LogP contribution is -2.36. The van der Waals surface area contributed by atoms with Crippen molar-refractivity contribution in [1.82, 2.24) is 0 Å². The third kappa shape index (κ3) is 2.67. The van der Waals surface area contributed by atoms with E-state index in [2.05, 4.69) is 0 Å². The lowest BCUT2D eigenvalue weighted by Gasteiger charge is -2.25. The van der Waals surface area contributed by atoms with Crippen LogP contribution >= 0.6 is 0 Å². The van der Waals surface area contributed by atoms with Crippen LogP contribution in [0.4, 0.5) is 8.78 Å².